The third kappa shape index (κ3) is 4.26. The third-order valence-electron chi connectivity index (χ3n) is 0.996. The van der Waals surface area contributed by atoms with E-state index in [4.69, 9.17) is 20.0 Å². The summed E-state index contributed by atoms with van der Waals surface area (Å²) in [6.07, 6.45) is 0. The van der Waals surface area contributed by atoms with Gasteiger partial charge in [-0.05, 0) is 0 Å². The summed E-state index contributed by atoms with van der Waals surface area (Å²) in [6, 6.07) is 0. The molecule has 1 aliphatic rings. The molecule has 0 spiro atoms. The molecule has 0 radical (unpaired) electrons. The second-order valence-corrected chi connectivity index (χ2v) is 29.2. The average molecular weight is 296 g/mol. The van der Waals surface area contributed by atoms with Gasteiger partial charge in [0, 0.05) is 0 Å². The Balaban J connectivity index is 2.30. The molecule has 1 heterocycles. The molecule has 0 bridgehead atoms. The van der Waals surface area contributed by atoms with Gasteiger partial charge in [0.15, 0.2) is 0 Å². The van der Waals surface area contributed by atoms with Crippen molar-refractivity contribution in [2.75, 3.05) is 23.0 Å². The summed E-state index contributed by atoms with van der Waals surface area (Å²) in [5.74, 6) is 4.73. The summed E-state index contributed by atoms with van der Waals surface area (Å²) in [7, 11) is 13.5. The predicted octanol–water partition coefficient (Wildman–Crippen LogP) is 3.11. The monoisotopic (exact) mass is 296 g/mol. The molecule has 0 nitrogen and oxygen atoms in total. The molecule has 1 fully saturated rings. The van der Waals surface area contributed by atoms with Crippen LogP contribution in [0, 0.1) is 0 Å². The van der Waals surface area contributed by atoms with Crippen LogP contribution in [0.3, 0.4) is 0 Å². The first-order valence-corrected chi connectivity index (χ1v) is 16.7. The van der Waals surface area contributed by atoms with E-state index in [1.807, 2.05) is 31.9 Å². The van der Waals surface area contributed by atoms with Crippen LogP contribution in [0.15, 0.2) is 0 Å². The van der Waals surface area contributed by atoms with Crippen LogP contribution in [0.2, 0.25) is 0 Å². The van der Waals surface area contributed by atoms with E-state index >= 15 is 0 Å². The Kier molecular flexibility index (Phi) is 5.15. The number of hydrogen-bond donors (Lipinski definition) is 0. The molecular weight excluding hydrogens is 288 g/mol. The van der Waals surface area contributed by atoms with Gasteiger partial charge in [-0.1, -0.05) is 0 Å². The van der Waals surface area contributed by atoms with Crippen molar-refractivity contribution in [1.82, 2.24) is 0 Å². The molecule has 1 rings (SSSR count). The Hall–Kier alpha value is 2.17. The van der Waals surface area contributed by atoms with Crippen LogP contribution in [-0.2, 0) is 0 Å². The zero-order chi connectivity index (χ0) is 7.45. The summed E-state index contributed by atoms with van der Waals surface area (Å²) in [5, 5.41) is 0. The van der Waals surface area contributed by atoms with Gasteiger partial charge in [-0.15, -0.1) is 0 Å². The van der Waals surface area contributed by atoms with Crippen LogP contribution in [0.4, 0.5) is 0 Å². The van der Waals surface area contributed by atoms with Gasteiger partial charge in [0.05, 0.1) is 0 Å². The fourth-order valence-corrected chi connectivity index (χ4v) is 18.3. The van der Waals surface area contributed by atoms with E-state index in [0.717, 1.165) is 11.5 Å². The van der Waals surface area contributed by atoms with Crippen LogP contribution in [-0.4, -0.2) is 32.1 Å². The molecule has 0 N–H and O–H groups in total. The minimum absolute atomic E-state index is 1.14. The maximum absolute atomic E-state index is 6.12. The van der Waals surface area contributed by atoms with Crippen molar-refractivity contribution in [3.05, 3.63) is 0 Å². The van der Waals surface area contributed by atoms with E-state index < -0.39 is 9.12 Å². The van der Waals surface area contributed by atoms with Crippen LogP contribution >= 0.6 is 52.0 Å². The Morgan fingerprint density at radius 2 is 1.40 bits per heavy atom. The number of halogens is 2. The van der Waals surface area contributed by atoms with Crippen molar-refractivity contribution >= 4 is 61.1 Å². The van der Waals surface area contributed by atoms with E-state index in [-0.39, 0.29) is 0 Å². The second-order valence-electron chi connectivity index (χ2n) is 1.77. The van der Waals surface area contributed by atoms with E-state index in [2.05, 4.69) is 0 Å². The van der Waals surface area contributed by atoms with Gasteiger partial charge in [-0.2, -0.15) is 0 Å². The van der Waals surface area contributed by atoms with Crippen molar-refractivity contribution < 1.29 is 0 Å². The number of hydrogen-bond acceptors (Lipinski definition) is 3. The second kappa shape index (κ2) is 5.02. The molecule has 10 heavy (non-hydrogen) atoms. The molecule has 1 saturated heterocycles. The first kappa shape index (κ1) is 10.3. The van der Waals surface area contributed by atoms with Crippen LogP contribution in [0.25, 0.3) is 0 Å². The minimum atomic E-state index is -2.37. The van der Waals surface area contributed by atoms with Crippen molar-refractivity contribution in [2.24, 2.45) is 0 Å². The van der Waals surface area contributed by atoms with Crippen molar-refractivity contribution in [3.63, 3.8) is 0 Å². The molecule has 0 atom stereocenters. The molecule has 0 unspecified atom stereocenters. The Morgan fingerprint density at radius 3 is 1.90 bits per heavy atom. The molecular formula is C4H8Cl2GeS3. The van der Waals surface area contributed by atoms with Gasteiger partial charge in [0.2, 0.25) is 0 Å². The van der Waals surface area contributed by atoms with Gasteiger partial charge < -0.3 is 0 Å². The van der Waals surface area contributed by atoms with Crippen LogP contribution in [0.5, 0.6) is 0 Å². The number of thioether (sulfide) groups is 1. The summed E-state index contributed by atoms with van der Waals surface area (Å²) in [6.45, 7) is 0. The van der Waals surface area contributed by atoms with E-state index in [9.17, 15) is 0 Å². The van der Waals surface area contributed by atoms with Gasteiger partial charge >= 0.3 is 84.1 Å². The normalized spacial score (nSPS) is 27.0. The SMILES string of the molecule is [Cl][Ge]1([Cl])[S]CCSCC[S]1. The summed E-state index contributed by atoms with van der Waals surface area (Å²) in [4.78, 5) is 0. The summed E-state index contributed by atoms with van der Waals surface area (Å²) < 4.78 is 0. The molecule has 0 saturated carbocycles. The van der Waals surface area contributed by atoms with Crippen molar-refractivity contribution in [2.45, 2.75) is 0 Å². The Bertz CT molecular complexity index is 101. The van der Waals surface area contributed by atoms with Crippen molar-refractivity contribution in [1.29, 1.82) is 0 Å². The molecule has 0 amide bonds. The quantitative estimate of drug-likeness (QED) is 0.630. The predicted molar refractivity (Wildman–Crippen MR) is 59.7 cm³/mol. The fraction of sp³-hybridized carbons (Fsp3) is 1.00. The first-order chi connectivity index (χ1) is 4.71. The van der Waals surface area contributed by atoms with Gasteiger partial charge in [0.25, 0.3) is 0 Å². The fourth-order valence-electron chi connectivity index (χ4n) is 0.583. The molecule has 6 heteroatoms. The van der Waals surface area contributed by atoms with Gasteiger partial charge in [-0.3, -0.25) is 0 Å². The zero-order valence-corrected chi connectivity index (χ0v) is 11.4. The standard InChI is InChI=1S/C4H8Cl2GeS3/c5-7(6)9-3-1-8-2-4-10-7/h1-4H2. The van der Waals surface area contributed by atoms with E-state index in [0.29, 0.717) is 0 Å². The maximum atomic E-state index is 6.12. The molecule has 0 aromatic heterocycles. The third-order valence-corrected chi connectivity index (χ3v) is 21.3. The molecule has 1 aliphatic heterocycles. The summed E-state index contributed by atoms with van der Waals surface area (Å²) in [5.41, 5.74) is 0. The molecule has 0 aliphatic carbocycles. The van der Waals surface area contributed by atoms with E-state index in [1.165, 1.54) is 11.5 Å². The average Bonchev–Trinajstić information content (AvgIpc) is 1.81. The summed E-state index contributed by atoms with van der Waals surface area (Å²) >= 11 is 2.00. The van der Waals surface area contributed by atoms with Crippen molar-refractivity contribution in [3.8, 4) is 0 Å². The van der Waals surface area contributed by atoms with Gasteiger partial charge in [-0.25, -0.2) is 0 Å². The van der Waals surface area contributed by atoms with Gasteiger partial charge in [0.1, 0.15) is 0 Å². The Morgan fingerprint density at radius 1 is 0.900 bits per heavy atom. The van der Waals surface area contributed by atoms with Crippen LogP contribution < -0.4 is 0 Å². The van der Waals surface area contributed by atoms with Crippen LogP contribution in [0.1, 0.15) is 0 Å². The molecule has 0 aromatic carbocycles. The number of rotatable bonds is 0. The molecule has 0 aromatic rings. The topological polar surface area (TPSA) is 0 Å². The Labute approximate surface area is 83.3 Å². The van der Waals surface area contributed by atoms with E-state index in [1.54, 1.807) is 0 Å². The zero-order valence-electron chi connectivity index (χ0n) is 5.31. The molecule has 60 valence electrons. The first-order valence-electron chi connectivity index (χ1n) is 2.94.